The van der Waals surface area contributed by atoms with Crippen molar-refractivity contribution in [3.8, 4) is 0 Å². The molecule has 0 radical (unpaired) electrons. The van der Waals surface area contributed by atoms with Crippen LogP contribution >= 0.6 is 35.7 Å². The number of rotatable bonds is 3. The van der Waals surface area contributed by atoms with E-state index in [0.29, 0.717) is 4.75 Å². The smallest absolute Gasteiger partial charge is 0.193 e. The van der Waals surface area contributed by atoms with E-state index >= 15 is 0 Å². The van der Waals surface area contributed by atoms with Crippen molar-refractivity contribution in [3.05, 3.63) is 11.6 Å². The van der Waals surface area contributed by atoms with Crippen LogP contribution in [0.1, 0.15) is 26.7 Å². The zero-order valence-electron chi connectivity index (χ0n) is 13.4. The van der Waals surface area contributed by atoms with Crippen molar-refractivity contribution >= 4 is 41.7 Å². The van der Waals surface area contributed by atoms with Crippen LogP contribution in [0.2, 0.25) is 0 Å². The minimum absolute atomic E-state index is 0. The molecule has 1 saturated heterocycles. The Hall–Kier alpha value is 0.0500. The molecular formula is C15H28IN3OS. The van der Waals surface area contributed by atoms with Crippen LogP contribution in [0.3, 0.4) is 0 Å². The minimum Gasteiger partial charge on any atom is -0.377 e. The van der Waals surface area contributed by atoms with Crippen LogP contribution < -0.4 is 5.32 Å². The third-order valence-electron chi connectivity index (χ3n) is 3.72. The molecule has 0 saturated carbocycles. The largest absolute Gasteiger partial charge is 0.377 e. The third kappa shape index (κ3) is 6.36. The summed E-state index contributed by atoms with van der Waals surface area (Å²) in [6.45, 7) is 9.38. The maximum Gasteiger partial charge on any atom is 0.193 e. The second-order valence-electron chi connectivity index (χ2n) is 5.94. The van der Waals surface area contributed by atoms with Gasteiger partial charge in [0.2, 0.25) is 0 Å². The molecule has 21 heavy (non-hydrogen) atoms. The second-order valence-corrected chi connectivity index (χ2v) is 7.74. The topological polar surface area (TPSA) is 36.9 Å². The number of hydrogen-bond donors (Lipinski definition) is 1. The van der Waals surface area contributed by atoms with Crippen LogP contribution in [0.25, 0.3) is 0 Å². The number of aliphatic imine (C=N–C) groups is 1. The quantitative estimate of drug-likeness (QED) is 0.327. The second kappa shape index (κ2) is 9.25. The molecule has 0 bridgehead atoms. The lowest BCUT2D eigenvalue weighted by Gasteiger charge is -2.39. The van der Waals surface area contributed by atoms with Gasteiger partial charge in [0.05, 0.1) is 13.2 Å². The van der Waals surface area contributed by atoms with E-state index in [0.717, 1.165) is 51.6 Å². The fourth-order valence-corrected chi connectivity index (χ4v) is 3.77. The van der Waals surface area contributed by atoms with Crippen molar-refractivity contribution in [3.63, 3.8) is 0 Å². The highest BCUT2D eigenvalue weighted by Crippen LogP contribution is 2.29. The summed E-state index contributed by atoms with van der Waals surface area (Å²) < 4.78 is 5.65. The Morgan fingerprint density at radius 1 is 1.52 bits per heavy atom. The van der Waals surface area contributed by atoms with Gasteiger partial charge in [0.25, 0.3) is 0 Å². The van der Waals surface area contributed by atoms with Crippen molar-refractivity contribution in [2.75, 3.05) is 45.6 Å². The minimum atomic E-state index is 0. The molecule has 0 aliphatic carbocycles. The van der Waals surface area contributed by atoms with Gasteiger partial charge in [0, 0.05) is 37.2 Å². The van der Waals surface area contributed by atoms with E-state index < -0.39 is 0 Å². The Morgan fingerprint density at radius 2 is 2.33 bits per heavy atom. The zero-order chi connectivity index (χ0) is 14.4. The summed E-state index contributed by atoms with van der Waals surface area (Å²) in [5.41, 5.74) is 1.51. The van der Waals surface area contributed by atoms with Gasteiger partial charge in [-0.15, -0.1) is 24.0 Å². The molecule has 4 nitrogen and oxygen atoms in total. The van der Waals surface area contributed by atoms with Crippen LogP contribution in [-0.2, 0) is 4.74 Å². The highest BCUT2D eigenvalue weighted by atomic mass is 127. The van der Waals surface area contributed by atoms with E-state index in [-0.39, 0.29) is 24.0 Å². The van der Waals surface area contributed by atoms with Crippen LogP contribution in [0.4, 0.5) is 0 Å². The van der Waals surface area contributed by atoms with Crippen molar-refractivity contribution < 1.29 is 4.74 Å². The molecule has 0 amide bonds. The van der Waals surface area contributed by atoms with Crippen LogP contribution in [0.5, 0.6) is 0 Å². The molecule has 2 rings (SSSR count). The first kappa shape index (κ1) is 19.1. The predicted octanol–water partition coefficient (Wildman–Crippen LogP) is 2.74. The van der Waals surface area contributed by atoms with Gasteiger partial charge in [-0.2, -0.15) is 11.8 Å². The number of nitrogens with one attached hydrogen (secondary N) is 1. The number of ether oxygens (including phenoxy) is 1. The molecule has 0 spiro atoms. The van der Waals surface area contributed by atoms with Crippen LogP contribution in [0.15, 0.2) is 16.6 Å². The van der Waals surface area contributed by atoms with Gasteiger partial charge in [-0.3, -0.25) is 4.99 Å². The molecule has 2 heterocycles. The van der Waals surface area contributed by atoms with E-state index in [1.165, 1.54) is 11.3 Å². The molecule has 1 fully saturated rings. The summed E-state index contributed by atoms with van der Waals surface area (Å²) in [4.78, 5) is 6.82. The first-order chi connectivity index (χ1) is 9.61. The number of nitrogens with zero attached hydrogens (tertiary/aromatic N) is 2. The Balaban J connectivity index is 0.00000220. The van der Waals surface area contributed by atoms with Gasteiger partial charge in [0.1, 0.15) is 0 Å². The molecule has 122 valence electrons. The van der Waals surface area contributed by atoms with Crippen molar-refractivity contribution in [1.82, 2.24) is 10.2 Å². The van der Waals surface area contributed by atoms with Gasteiger partial charge in [-0.25, -0.2) is 0 Å². The van der Waals surface area contributed by atoms with E-state index in [1.54, 1.807) is 0 Å². The Bertz CT molecular complexity index is 385. The molecule has 2 aliphatic heterocycles. The average molecular weight is 425 g/mol. The molecular weight excluding hydrogens is 397 g/mol. The summed E-state index contributed by atoms with van der Waals surface area (Å²) in [5.74, 6) is 2.22. The summed E-state index contributed by atoms with van der Waals surface area (Å²) >= 11 is 2.05. The fraction of sp³-hybridized carbons (Fsp3) is 0.800. The average Bonchev–Trinajstić information content (AvgIpc) is 2.43. The normalized spacial score (nSPS) is 22.3. The Labute approximate surface area is 150 Å². The summed E-state index contributed by atoms with van der Waals surface area (Å²) in [6.07, 6.45) is 4.39. The van der Waals surface area contributed by atoms with E-state index in [2.05, 4.69) is 46.9 Å². The fourth-order valence-electron chi connectivity index (χ4n) is 2.66. The molecule has 6 heteroatoms. The lowest BCUT2D eigenvalue weighted by atomic mass is 10.1. The zero-order valence-corrected chi connectivity index (χ0v) is 16.5. The molecule has 0 aromatic rings. The van der Waals surface area contributed by atoms with Crippen molar-refractivity contribution in [2.24, 2.45) is 4.99 Å². The Morgan fingerprint density at radius 3 is 2.95 bits per heavy atom. The highest BCUT2D eigenvalue weighted by Gasteiger charge is 2.28. The Kier molecular flexibility index (Phi) is 8.41. The van der Waals surface area contributed by atoms with Gasteiger partial charge >= 0.3 is 0 Å². The number of thioether (sulfide) groups is 1. The highest BCUT2D eigenvalue weighted by molar-refractivity contribution is 14.0. The third-order valence-corrected chi connectivity index (χ3v) is 5.02. The summed E-state index contributed by atoms with van der Waals surface area (Å²) in [6, 6.07) is 0. The lowest BCUT2D eigenvalue weighted by molar-refractivity contribution is 0.153. The molecule has 0 unspecified atom stereocenters. The maximum absolute atomic E-state index is 5.34. The summed E-state index contributed by atoms with van der Waals surface area (Å²) in [5, 5.41) is 3.51. The van der Waals surface area contributed by atoms with Crippen molar-refractivity contribution in [1.29, 1.82) is 0 Å². The SMILES string of the molecule is CN=C(NCCC1=CCOCC1)N1CCSC(C)(C)C1.I. The molecule has 0 atom stereocenters. The molecule has 0 aromatic carbocycles. The predicted molar refractivity (Wildman–Crippen MR) is 103 cm³/mol. The maximum atomic E-state index is 5.34. The van der Waals surface area contributed by atoms with Gasteiger partial charge in [0.15, 0.2) is 5.96 Å². The van der Waals surface area contributed by atoms with Gasteiger partial charge < -0.3 is 15.0 Å². The number of guanidine groups is 1. The van der Waals surface area contributed by atoms with Crippen LogP contribution in [-0.4, -0.2) is 61.3 Å². The van der Waals surface area contributed by atoms with E-state index in [1.807, 2.05) is 7.05 Å². The molecule has 2 aliphatic rings. The van der Waals surface area contributed by atoms with E-state index in [4.69, 9.17) is 4.74 Å². The number of halogens is 1. The van der Waals surface area contributed by atoms with Crippen LogP contribution in [0, 0.1) is 0 Å². The molecule has 0 aromatic heterocycles. The molecule has 1 N–H and O–H groups in total. The van der Waals surface area contributed by atoms with Gasteiger partial charge in [-0.05, 0) is 26.7 Å². The van der Waals surface area contributed by atoms with Crippen molar-refractivity contribution in [2.45, 2.75) is 31.4 Å². The van der Waals surface area contributed by atoms with E-state index in [9.17, 15) is 0 Å². The summed E-state index contributed by atoms with van der Waals surface area (Å²) in [7, 11) is 1.88. The number of hydrogen-bond acceptors (Lipinski definition) is 3. The lowest BCUT2D eigenvalue weighted by Crippen LogP contribution is -2.51. The standard InChI is InChI=1S/C15H27N3OS.HI/c1-15(2)12-18(8-11-20-15)14(16-3)17-7-4-13-5-9-19-10-6-13;/h5H,4,6-12H2,1-3H3,(H,16,17);1H. The first-order valence-corrected chi connectivity index (χ1v) is 8.44. The first-order valence-electron chi connectivity index (χ1n) is 7.46. The van der Waals surface area contributed by atoms with Gasteiger partial charge in [-0.1, -0.05) is 11.6 Å². The monoisotopic (exact) mass is 425 g/mol.